The predicted octanol–water partition coefficient (Wildman–Crippen LogP) is 1.71. The summed E-state index contributed by atoms with van der Waals surface area (Å²) >= 11 is 0. The lowest BCUT2D eigenvalue weighted by Gasteiger charge is -2.40. The Morgan fingerprint density at radius 2 is 1.68 bits per heavy atom. The molecule has 5 heteroatoms. The van der Waals surface area contributed by atoms with Crippen LogP contribution in [0.5, 0.6) is 0 Å². The Labute approximate surface area is 169 Å². The Kier molecular flexibility index (Phi) is 5.16. The van der Waals surface area contributed by atoms with Gasteiger partial charge in [-0.2, -0.15) is 0 Å². The number of rotatable bonds is 2. The van der Waals surface area contributed by atoms with Gasteiger partial charge in [0.1, 0.15) is 0 Å². The van der Waals surface area contributed by atoms with Gasteiger partial charge in [-0.15, -0.1) is 0 Å². The quantitative estimate of drug-likeness (QED) is 0.779. The zero-order valence-electron chi connectivity index (χ0n) is 17.3. The summed E-state index contributed by atoms with van der Waals surface area (Å²) in [4.78, 5) is 22.9. The van der Waals surface area contributed by atoms with Crippen molar-refractivity contribution in [1.82, 2.24) is 19.6 Å². The lowest BCUT2D eigenvalue weighted by molar-refractivity contribution is 0.0571. The van der Waals surface area contributed by atoms with Gasteiger partial charge in [0.05, 0.1) is 0 Å². The second kappa shape index (κ2) is 7.77. The standard InChI is InChI=1S/C23H34N4O/c1-24-9-11-26(12-10-24)21-7-6-18-15-20(5-4-19(18)16-21)23(28)27-14-13-25-8-2-3-22(25)17-27/h4-5,15,21-22H,2-3,6-14,16-17H2,1H3. The van der Waals surface area contributed by atoms with E-state index in [9.17, 15) is 4.79 Å². The SMILES string of the molecule is CN1CCN(C2CCc3cc(C(=O)N4CCN5CCCC5C4)ccc3C2)CC1. The van der Waals surface area contributed by atoms with Gasteiger partial charge in [-0.05, 0) is 69.0 Å². The summed E-state index contributed by atoms with van der Waals surface area (Å²) in [6, 6.07) is 7.82. The highest BCUT2D eigenvalue weighted by atomic mass is 16.2. The molecular formula is C23H34N4O. The van der Waals surface area contributed by atoms with Crippen molar-refractivity contribution >= 4 is 5.91 Å². The topological polar surface area (TPSA) is 30.0 Å². The molecule has 2 unspecified atom stereocenters. The lowest BCUT2D eigenvalue weighted by atomic mass is 9.86. The fourth-order valence-electron chi connectivity index (χ4n) is 5.73. The minimum atomic E-state index is 0.246. The molecule has 3 aliphatic heterocycles. The minimum absolute atomic E-state index is 0.246. The van der Waals surface area contributed by atoms with Crippen LogP contribution < -0.4 is 0 Å². The summed E-state index contributed by atoms with van der Waals surface area (Å²) in [6.07, 6.45) is 6.04. The molecule has 1 aromatic rings. The van der Waals surface area contributed by atoms with E-state index in [0.29, 0.717) is 12.1 Å². The number of benzene rings is 1. The number of likely N-dealkylation sites (N-methyl/N-ethyl adjacent to an activating group) is 1. The molecule has 3 fully saturated rings. The molecule has 2 atom stereocenters. The van der Waals surface area contributed by atoms with Crippen molar-refractivity contribution in [1.29, 1.82) is 0 Å². The molecule has 0 bridgehead atoms. The molecule has 1 amide bonds. The van der Waals surface area contributed by atoms with Gasteiger partial charge < -0.3 is 9.80 Å². The summed E-state index contributed by atoms with van der Waals surface area (Å²) in [7, 11) is 2.22. The predicted molar refractivity (Wildman–Crippen MR) is 112 cm³/mol. The normalized spacial score (nSPS) is 29.5. The van der Waals surface area contributed by atoms with Crippen LogP contribution in [0.25, 0.3) is 0 Å². The minimum Gasteiger partial charge on any atom is -0.336 e. The average molecular weight is 383 g/mol. The van der Waals surface area contributed by atoms with E-state index in [4.69, 9.17) is 0 Å². The summed E-state index contributed by atoms with van der Waals surface area (Å²) in [5.74, 6) is 0.246. The first-order chi connectivity index (χ1) is 13.7. The molecule has 1 aromatic carbocycles. The zero-order valence-corrected chi connectivity index (χ0v) is 17.3. The molecular weight excluding hydrogens is 348 g/mol. The van der Waals surface area contributed by atoms with Crippen LogP contribution in [0.1, 0.15) is 40.7 Å². The third-order valence-electron chi connectivity index (χ3n) is 7.58. The molecule has 4 aliphatic rings. The van der Waals surface area contributed by atoms with Crippen LogP contribution in [-0.4, -0.2) is 97.0 Å². The number of nitrogens with zero attached hydrogens (tertiary/aromatic N) is 4. The van der Waals surface area contributed by atoms with Gasteiger partial charge in [-0.25, -0.2) is 0 Å². The smallest absolute Gasteiger partial charge is 0.253 e. The fraction of sp³-hybridized carbons (Fsp3) is 0.696. The van der Waals surface area contributed by atoms with Crippen LogP contribution in [0.4, 0.5) is 0 Å². The van der Waals surface area contributed by atoms with Crippen LogP contribution >= 0.6 is 0 Å². The molecule has 0 spiro atoms. The van der Waals surface area contributed by atoms with E-state index in [0.717, 1.165) is 38.0 Å². The Hall–Kier alpha value is -1.43. The van der Waals surface area contributed by atoms with Gasteiger partial charge in [-0.1, -0.05) is 6.07 Å². The Balaban J connectivity index is 1.25. The van der Waals surface area contributed by atoms with Gasteiger partial charge in [0.2, 0.25) is 0 Å². The van der Waals surface area contributed by atoms with Crippen LogP contribution in [0.15, 0.2) is 18.2 Å². The van der Waals surface area contributed by atoms with Crippen LogP contribution in [-0.2, 0) is 12.8 Å². The highest BCUT2D eigenvalue weighted by molar-refractivity contribution is 5.94. The maximum absolute atomic E-state index is 13.1. The van der Waals surface area contributed by atoms with Crippen molar-refractivity contribution in [2.45, 2.75) is 44.2 Å². The van der Waals surface area contributed by atoms with E-state index in [-0.39, 0.29) is 5.91 Å². The van der Waals surface area contributed by atoms with Crippen molar-refractivity contribution in [3.8, 4) is 0 Å². The third-order valence-corrected chi connectivity index (χ3v) is 7.58. The van der Waals surface area contributed by atoms with Crippen molar-refractivity contribution in [2.24, 2.45) is 0 Å². The van der Waals surface area contributed by atoms with E-state index in [1.54, 1.807) is 0 Å². The average Bonchev–Trinajstić information content (AvgIpc) is 3.21. The lowest BCUT2D eigenvalue weighted by Crippen LogP contribution is -2.52. The van der Waals surface area contributed by atoms with Gasteiger partial charge >= 0.3 is 0 Å². The van der Waals surface area contributed by atoms with E-state index in [1.165, 1.54) is 63.1 Å². The van der Waals surface area contributed by atoms with Crippen molar-refractivity contribution in [3.05, 3.63) is 34.9 Å². The van der Waals surface area contributed by atoms with E-state index >= 15 is 0 Å². The van der Waals surface area contributed by atoms with E-state index in [1.807, 2.05) is 0 Å². The molecule has 152 valence electrons. The van der Waals surface area contributed by atoms with Crippen molar-refractivity contribution < 1.29 is 4.79 Å². The summed E-state index contributed by atoms with van der Waals surface area (Å²) in [5, 5.41) is 0. The number of carbonyl (C=O) groups excluding carboxylic acids is 1. The summed E-state index contributed by atoms with van der Waals surface area (Å²) in [5.41, 5.74) is 3.78. The number of fused-ring (bicyclic) bond motifs is 2. The molecule has 3 heterocycles. The second-order valence-electron chi connectivity index (χ2n) is 9.30. The van der Waals surface area contributed by atoms with Crippen LogP contribution in [0, 0.1) is 0 Å². The largest absolute Gasteiger partial charge is 0.336 e. The molecule has 5 rings (SSSR count). The van der Waals surface area contributed by atoms with Crippen LogP contribution in [0.2, 0.25) is 0 Å². The van der Waals surface area contributed by atoms with Gasteiger partial charge in [0.15, 0.2) is 0 Å². The van der Waals surface area contributed by atoms with Crippen LogP contribution in [0.3, 0.4) is 0 Å². The molecule has 28 heavy (non-hydrogen) atoms. The number of piperazine rings is 2. The van der Waals surface area contributed by atoms with Crippen molar-refractivity contribution in [3.63, 3.8) is 0 Å². The molecule has 5 nitrogen and oxygen atoms in total. The van der Waals surface area contributed by atoms with Crippen molar-refractivity contribution in [2.75, 3.05) is 59.4 Å². The molecule has 3 saturated heterocycles. The first-order valence-corrected chi connectivity index (χ1v) is 11.2. The third kappa shape index (κ3) is 3.60. The molecule has 1 aliphatic carbocycles. The number of carbonyl (C=O) groups is 1. The highest BCUT2D eigenvalue weighted by Gasteiger charge is 2.33. The number of hydrogen-bond acceptors (Lipinski definition) is 4. The molecule has 0 aromatic heterocycles. The summed E-state index contributed by atoms with van der Waals surface area (Å²) < 4.78 is 0. The van der Waals surface area contributed by atoms with Gasteiger partial charge in [0.25, 0.3) is 5.91 Å². The summed E-state index contributed by atoms with van der Waals surface area (Å²) in [6.45, 7) is 8.84. The Bertz CT molecular complexity index is 727. The maximum atomic E-state index is 13.1. The zero-order chi connectivity index (χ0) is 19.1. The number of amides is 1. The second-order valence-corrected chi connectivity index (χ2v) is 9.30. The fourth-order valence-corrected chi connectivity index (χ4v) is 5.73. The maximum Gasteiger partial charge on any atom is 0.253 e. The van der Waals surface area contributed by atoms with E-state index in [2.05, 4.69) is 44.8 Å². The van der Waals surface area contributed by atoms with Gasteiger partial charge in [0, 0.05) is 63.5 Å². The highest BCUT2D eigenvalue weighted by Crippen LogP contribution is 2.28. The number of aryl methyl sites for hydroxylation is 1. The first kappa shape index (κ1) is 18.6. The molecule has 0 radical (unpaired) electrons. The Morgan fingerprint density at radius 1 is 0.893 bits per heavy atom. The van der Waals surface area contributed by atoms with Gasteiger partial charge in [-0.3, -0.25) is 14.6 Å². The monoisotopic (exact) mass is 382 g/mol. The Morgan fingerprint density at radius 3 is 2.54 bits per heavy atom. The van der Waals surface area contributed by atoms with E-state index < -0.39 is 0 Å². The molecule has 0 N–H and O–H groups in total. The molecule has 0 saturated carbocycles. The first-order valence-electron chi connectivity index (χ1n) is 11.2. The number of hydrogen-bond donors (Lipinski definition) is 0.